The molecule has 0 aliphatic rings. The van der Waals surface area contributed by atoms with E-state index in [2.05, 4.69) is 15.9 Å². The van der Waals surface area contributed by atoms with Gasteiger partial charge in [0.05, 0.1) is 0 Å². The predicted octanol–water partition coefficient (Wildman–Crippen LogP) is 3.86. The monoisotopic (exact) mass is 333 g/mol. The first-order chi connectivity index (χ1) is 9.58. The quantitative estimate of drug-likeness (QED) is 0.844. The smallest absolute Gasteiger partial charge is 0.165 e. The van der Waals surface area contributed by atoms with Crippen molar-refractivity contribution in [2.75, 3.05) is 18.5 Å². The van der Waals surface area contributed by atoms with Gasteiger partial charge in [-0.05, 0) is 30.3 Å². The number of halogens is 1. The Morgan fingerprint density at radius 2 is 1.80 bits per heavy atom. The van der Waals surface area contributed by atoms with E-state index in [1.807, 2.05) is 48.3 Å². The highest BCUT2D eigenvalue weighted by Crippen LogP contribution is 2.20. The van der Waals surface area contributed by atoms with Crippen LogP contribution in [0, 0.1) is 0 Å². The van der Waals surface area contributed by atoms with Crippen LogP contribution in [0.25, 0.3) is 0 Å². The van der Waals surface area contributed by atoms with Crippen LogP contribution in [0.3, 0.4) is 0 Å². The van der Waals surface area contributed by atoms with Crippen molar-refractivity contribution >= 4 is 27.4 Å². The summed E-state index contributed by atoms with van der Waals surface area (Å²) < 4.78 is 0.831. The van der Waals surface area contributed by atoms with Crippen molar-refractivity contribution in [3.05, 3.63) is 58.6 Å². The molecular formula is C16H16BrNO2. The summed E-state index contributed by atoms with van der Waals surface area (Å²) in [5.41, 5.74) is 1.69. The number of phenols is 1. The van der Waals surface area contributed by atoms with Gasteiger partial charge in [0.1, 0.15) is 5.75 Å². The lowest BCUT2D eigenvalue weighted by Gasteiger charge is -2.19. The average Bonchev–Trinajstić information content (AvgIpc) is 2.45. The van der Waals surface area contributed by atoms with Crippen LogP contribution in [-0.4, -0.2) is 24.5 Å². The number of anilines is 1. The van der Waals surface area contributed by atoms with Crippen molar-refractivity contribution in [2.24, 2.45) is 0 Å². The maximum absolute atomic E-state index is 12.2. The molecule has 0 aliphatic heterocycles. The lowest BCUT2D eigenvalue weighted by atomic mass is 10.1. The zero-order valence-electron chi connectivity index (χ0n) is 11.2. The molecule has 0 bridgehead atoms. The molecule has 0 amide bonds. The van der Waals surface area contributed by atoms with Gasteiger partial charge in [-0.2, -0.15) is 0 Å². The fourth-order valence-electron chi connectivity index (χ4n) is 1.93. The van der Waals surface area contributed by atoms with Crippen LogP contribution in [0.5, 0.6) is 5.75 Å². The summed E-state index contributed by atoms with van der Waals surface area (Å²) in [5, 5.41) is 9.26. The van der Waals surface area contributed by atoms with Crippen molar-refractivity contribution in [2.45, 2.75) is 6.42 Å². The van der Waals surface area contributed by atoms with E-state index >= 15 is 0 Å². The minimum atomic E-state index is 0.114. The summed E-state index contributed by atoms with van der Waals surface area (Å²) >= 11 is 3.39. The molecule has 104 valence electrons. The van der Waals surface area contributed by atoms with Crippen molar-refractivity contribution in [1.82, 2.24) is 0 Å². The largest absolute Gasteiger partial charge is 0.508 e. The molecule has 0 saturated heterocycles. The highest BCUT2D eigenvalue weighted by atomic mass is 79.9. The van der Waals surface area contributed by atoms with E-state index in [0.717, 1.165) is 10.2 Å². The second-order valence-corrected chi connectivity index (χ2v) is 5.45. The van der Waals surface area contributed by atoms with Crippen molar-refractivity contribution in [1.29, 1.82) is 0 Å². The highest BCUT2D eigenvalue weighted by molar-refractivity contribution is 9.10. The number of benzene rings is 2. The molecule has 0 radical (unpaired) electrons. The normalized spacial score (nSPS) is 10.3. The molecule has 3 nitrogen and oxygen atoms in total. The molecule has 0 atom stereocenters. The van der Waals surface area contributed by atoms with E-state index in [1.54, 1.807) is 12.1 Å². The van der Waals surface area contributed by atoms with E-state index in [0.29, 0.717) is 18.5 Å². The van der Waals surface area contributed by atoms with Crippen LogP contribution < -0.4 is 4.90 Å². The van der Waals surface area contributed by atoms with Gasteiger partial charge >= 0.3 is 0 Å². The minimum absolute atomic E-state index is 0.114. The van der Waals surface area contributed by atoms with Crippen LogP contribution in [-0.2, 0) is 0 Å². The number of ketones is 1. The first-order valence-corrected chi connectivity index (χ1v) is 7.15. The van der Waals surface area contributed by atoms with E-state index in [-0.39, 0.29) is 11.5 Å². The summed E-state index contributed by atoms with van der Waals surface area (Å²) in [6.45, 7) is 0.630. The Kier molecular flexibility index (Phi) is 4.79. The lowest BCUT2D eigenvalue weighted by molar-refractivity contribution is 0.0984. The Hall–Kier alpha value is -1.81. The second kappa shape index (κ2) is 6.57. The van der Waals surface area contributed by atoms with Gasteiger partial charge in [-0.15, -0.1) is 0 Å². The van der Waals surface area contributed by atoms with Crippen molar-refractivity contribution < 1.29 is 9.90 Å². The maximum Gasteiger partial charge on any atom is 0.165 e. The fourth-order valence-corrected chi connectivity index (χ4v) is 2.43. The van der Waals surface area contributed by atoms with Crippen LogP contribution in [0.1, 0.15) is 16.8 Å². The molecule has 0 saturated carbocycles. The van der Waals surface area contributed by atoms with Gasteiger partial charge < -0.3 is 10.0 Å². The molecule has 2 aromatic carbocycles. The first kappa shape index (κ1) is 14.6. The zero-order valence-corrected chi connectivity index (χ0v) is 12.8. The Morgan fingerprint density at radius 1 is 1.15 bits per heavy atom. The molecule has 2 aromatic rings. The average molecular weight is 334 g/mol. The standard InChI is InChI=1S/C16H16BrNO2/c1-18(12-6-8-13(19)9-7-12)11-10-16(20)14-4-2-3-5-15(14)17/h2-9,19H,10-11H2,1H3. The molecular weight excluding hydrogens is 318 g/mol. The van der Waals surface area contributed by atoms with Gasteiger partial charge in [0.15, 0.2) is 5.78 Å². The topological polar surface area (TPSA) is 40.5 Å². The Morgan fingerprint density at radius 3 is 2.45 bits per heavy atom. The van der Waals surface area contributed by atoms with Gasteiger partial charge in [0.2, 0.25) is 0 Å². The molecule has 0 spiro atoms. The van der Waals surface area contributed by atoms with E-state index in [1.165, 1.54) is 0 Å². The van der Waals surface area contributed by atoms with Crippen LogP contribution in [0.2, 0.25) is 0 Å². The third-order valence-corrected chi connectivity index (χ3v) is 3.83. The number of hydrogen-bond donors (Lipinski definition) is 1. The maximum atomic E-state index is 12.2. The molecule has 0 aromatic heterocycles. The lowest BCUT2D eigenvalue weighted by Crippen LogP contribution is -2.21. The van der Waals surface area contributed by atoms with Gasteiger partial charge in [0, 0.05) is 35.7 Å². The molecule has 0 heterocycles. The molecule has 0 unspecified atom stereocenters. The molecule has 0 fully saturated rings. The molecule has 0 aliphatic carbocycles. The summed E-state index contributed by atoms with van der Waals surface area (Å²) in [6.07, 6.45) is 0.444. The minimum Gasteiger partial charge on any atom is -0.508 e. The van der Waals surface area contributed by atoms with Crippen molar-refractivity contribution in [3.8, 4) is 5.75 Å². The third-order valence-electron chi connectivity index (χ3n) is 3.14. The van der Waals surface area contributed by atoms with Crippen LogP contribution in [0.15, 0.2) is 53.0 Å². The summed E-state index contributed by atoms with van der Waals surface area (Å²) in [6, 6.07) is 14.4. The van der Waals surface area contributed by atoms with Gasteiger partial charge in [0.25, 0.3) is 0 Å². The number of rotatable bonds is 5. The number of Topliss-reactive ketones (excluding diaryl/α,β-unsaturated/α-hetero) is 1. The van der Waals surface area contributed by atoms with Crippen molar-refractivity contribution in [3.63, 3.8) is 0 Å². The SMILES string of the molecule is CN(CCC(=O)c1ccccc1Br)c1ccc(O)cc1. The molecule has 1 N–H and O–H groups in total. The highest BCUT2D eigenvalue weighted by Gasteiger charge is 2.10. The number of phenolic OH excluding ortho intramolecular Hbond substituents is 1. The molecule has 4 heteroatoms. The van der Waals surface area contributed by atoms with Crippen LogP contribution in [0.4, 0.5) is 5.69 Å². The third kappa shape index (κ3) is 3.61. The Balaban J connectivity index is 1.97. The number of carbonyl (C=O) groups is 1. The number of hydrogen-bond acceptors (Lipinski definition) is 3. The van der Waals surface area contributed by atoms with Gasteiger partial charge in [-0.3, -0.25) is 4.79 Å². The van der Waals surface area contributed by atoms with E-state index in [4.69, 9.17) is 0 Å². The molecule has 2 rings (SSSR count). The van der Waals surface area contributed by atoms with Crippen LogP contribution >= 0.6 is 15.9 Å². The molecule has 20 heavy (non-hydrogen) atoms. The summed E-state index contributed by atoms with van der Waals surface area (Å²) in [4.78, 5) is 14.2. The zero-order chi connectivity index (χ0) is 14.5. The van der Waals surface area contributed by atoms with Gasteiger partial charge in [-0.25, -0.2) is 0 Å². The first-order valence-electron chi connectivity index (χ1n) is 6.36. The number of aromatic hydroxyl groups is 1. The second-order valence-electron chi connectivity index (χ2n) is 4.59. The number of carbonyl (C=O) groups excluding carboxylic acids is 1. The van der Waals surface area contributed by atoms with Gasteiger partial charge in [-0.1, -0.05) is 34.1 Å². The number of nitrogens with zero attached hydrogens (tertiary/aromatic N) is 1. The van der Waals surface area contributed by atoms with E-state index < -0.39 is 0 Å². The Labute approximate surface area is 127 Å². The Bertz CT molecular complexity index is 596. The summed E-state index contributed by atoms with van der Waals surface area (Å²) in [7, 11) is 1.93. The van der Waals surface area contributed by atoms with E-state index in [9.17, 15) is 9.90 Å². The fraction of sp³-hybridized carbons (Fsp3) is 0.188. The predicted molar refractivity (Wildman–Crippen MR) is 84.5 cm³/mol. The summed E-state index contributed by atoms with van der Waals surface area (Å²) in [5.74, 6) is 0.356.